The summed E-state index contributed by atoms with van der Waals surface area (Å²) < 4.78 is 14.9. The van der Waals surface area contributed by atoms with Crippen molar-refractivity contribution in [1.29, 1.82) is 0 Å². The average molecular weight is 377 g/mol. The first-order chi connectivity index (χ1) is 12.5. The summed E-state index contributed by atoms with van der Waals surface area (Å²) in [5.74, 6) is 2.44. The van der Waals surface area contributed by atoms with Crippen molar-refractivity contribution < 1.29 is 4.39 Å². The van der Waals surface area contributed by atoms with Crippen molar-refractivity contribution in [3.63, 3.8) is 0 Å². The summed E-state index contributed by atoms with van der Waals surface area (Å²) in [5, 5.41) is 0.338. The lowest BCUT2D eigenvalue weighted by atomic mass is 9.69. The molecule has 0 nitrogen and oxygen atoms in total. The molecule has 0 bridgehead atoms. The van der Waals surface area contributed by atoms with Crippen LogP contribution >= 0.6 is 11.6 Å². The van der Waals surface area contributed by atoms with Gasteiger partial charge in [0.2, 0.25) is 0 Å². The van der Waals surface area contributed by atoms with Crippen molar-refractivity contribution in [1.82, 2.24) is 0 Å². The molecule has 0 radical (unpaired) electrons. The molecule has 1 fully saturated rings. The van der Waals surface area contributed by atoms with Gasteiger partial charge in [0.05, 0.1) is 5.02 Å². The van der Waals surface area contributed by atoms with Crippen molar-refractivity contribution in [2.24, 2.45) is 17.8 Å². The van der Waals surface area contributed by atoms with Gasteiger partial charge in [0, 0.05) is 5.56 Å². The third kappa shape index (κ3) is 4.19. The van der Waals surface area contributed by atoms with Crippen molar-refractivity contribution in [3.8, 4) is 0 Å². The number of halogens is 2. The Kier molecular flexibility index (Phi) is 6.83. The van der Waals surface area contributed by atoms with Crippen molar-refractivity contribution >= 4 is 17.2 Å². The van der Waals surface area contributed by atoms with Crippen LogP contribution in [0.1, 0.15) is 89.7 Å². The second kappa shape index (κ2) is 8.91. The van der Waals surface area contributed by atoms with E-state index in [1.54, 1.807) is 0 Å². The van der Waals surface area contributed by atoms with E-state index in [4.69, 9.17) is 11.6 Å². The highest BCUT2D eigenvalue weighted by Crippen LogP contribution is 2.45. The van der Waals surface area contributed by atoms with Crippen LogP contribution in [0.15, 0.2) is 17.7 Å². The molecule has 2 aliphatic rings. The fraction of sp³-hybridized carbons (Fsp3) is 0.667. The molecule has 0 aliphatic heterocycles. The van der Waals surface area contributed by atoms with Gasteiger partial charge in [-0.05, 0) is 74.3 Å². The van der Waals surface area contributed by atoms with E-state index in [9.17, 15) is 4.39 Å². The first-order valence-corrected chi connectivity index (χ1v) is 11.1. The van der Waals surface area contributed by atoms with Crippen molar-refractivity contribution in [3.05, 3.63) is 39.7 Å². The molecule has 0 N–H and O–H groups in total. The number of hydrogen-bond acceptors (Lipinski definition) is 0. The third-order valence-corrected chi connectivity index (χ3v) is 7.40. The maximum absolute atomic E-state index is 14.9. The van der Waals surface area contributed by atoms with Crippen molar-refractivity contribution in [2.75, 3.05) is 0 Å². The summed E-state index contributed by atoms with van der Waals surface area (Å²) in [6.07, 6.45) is 12.2. The summed E-state index contributed by atoms with van der Waals surface area (Å²) in [6, 6.07) is 4.00. The second-order valence-electron chi connectivity index (χ2n) is 8.60. The van der Waals surface area contributed by atoms with Crippen LogP contribution in [0.3, 0.4) is 0 Å². The molecule has 2 aliphatic carbocycles. The molecule has 0 amide bonds. The van der Waals surface area contributed by atoms with Gasteiger partial charge in [0.25, 0.3) is 0 Å². The lowest BCUT2D eigenvalue weighted by Gasteiger charge is -2.37. The van der Waals surface area contributed by atoms with Gasteiger partial charge in [-0.1, -0.05) is 68.8 Å². The van der Waals surface area contributed by atoms with Gasteiger partial charge in [-0.15, -0.1) is 0 Å². The highest BCUT2D eigenvalue weighted by atomic mass is 35.5. The maximum atomic E-state index is 14.9. The number of benzene rings is 1. The summed E-state index contributed by atoms with van der Waals surface area (Å²) in [6.45, 7) is 6.65. The highest BCUT2D eigenvalue weighted by Gasteiger charge is 2.30. The highest BCUT2D eigenvalue weighted by molar-refractivity contribution is 6.31. The monoisotopic (exact) mass is 376 g/mol. The van der Waals surface area contributed by atoms with Crippen LogP contribution in [-0.4, -0.2) is 0 Å². The number of rotatable bonds is 5. The predicted molar refractivity (Wildman–Crippen MR) is 111 cm³/mol. The Bertz CT molecular complexity index is 652. The van der Waals surface area contributed by atoms with E-state index in [2.05, 4.69) is 20.8 Å². The Morgan fingerprint density at radius 3 is 2.38 bits per heavy atom. The Labute approximate surface area is 164 Å². The number of aryl methyl sites for hydroxylation is 1. The molecule has 2 heteroatoms. The second-order valence-corrected chi connectivity index (χ2v) is 8.98. The molecule has 0 saturated heterocycles. The quantitative estimate of drug-likeness (QED) is 0.485. The zero-order chi connectivity index (χ0) is 18.7. The van der Waals surface area contributed by atoms with Crippen LogP contribution < -0.4 is 0 Å². The zero-order valence-electron chi connectivity index (χ0n) is 16.7. The smallest absolute Gasteiger partial charge is 0.149 e. The Morgan fingerprint density at radius 1 is 1.04 bits per heavy atom. The van der Waals surface area contributed by atoms with Crippen LogP contribution in [0.25, 0.3) is 5.57 Å². The maximum Gasteiger partial charge on any atom is 0.149 e. The van der Waals surface area contributed by atoms with Crippen LogP contribution in [0.2, 0.25) is 5.02 Å². The average Bonchev–Trinajstić information content (AvgIpc) is 2.66. The topological polar surface area (TPSA) is 0 Å². The first-order valence-electron chi connectivity index (χ1n) is 10.7. The largest absolute Gasteiger partial charge is 0.205 e. The molecular weight excluding hydrogens is 343 g/mol. The minimum absolute atomic E-state index is 0.200. The van der Waals surface area contributed by atoms with Gasteiger partial charge in [0.1, 0.15) is 5.82 Å². The normalized spacial score (nSPS) is 27.0. The van der Waals surface area contributed by atoms with E-state index in [1.165, 1.54) is 49.7 Å². The number of allylic oxidation sites excluding steroid dienone is 2. The molecule has 144 valence electrons. The van der Waals surface area contributed by atoms with Gasteiger partial charge in [0.15, 0.2) is 0 Å². The lowest BCUT2D eigenvalue weighted by molar-refractivity contribution is 0.190. The fourth-order valence-corrected chi connectivity index (χ4v) is 5.54. The molecule has 1 aromatic carbocycles. The minimum atomic E-state index is -0.200. The third-order valence-electron chi connectivity index (χ3n) is 6.99. The summed E-state index contributed by atoms with van der Waals surface area (Å²) >= 11 is 6.32. The molecule has 0 aromatic heterocycles. The molecule has 0 spiro atoms. The van der Waals surface area contributed by atoms with Crippen LogP contribution in [0.5, 0.6) is 0 Å². The molecular formula is C24H34ClF. The van der Waals surface area contributed by atoms with Crippen LogP contribution in [-0.2, 0) is 6.42 Å². The molecule has 0 heterocycles. The van der Waals surface area contributed by atoms with Crippen molar-refractivity contribution in [2.45, 2.75) is 85.0 Å². The molecule has 1 unspecified atom stereocenters. The predicted octanol–water partition coefficient (Wildman–Crippen LogP) is 8.22. The van der Waals surface area contributed by atoms with Gasteiger partial charge in [-0.3, -0.25) is 0 Å². The first kappa shape index (κ1) is 19.9. The van der Waals surface area contributed by atoms with E-state index in [1.807, 2.05) is 12.1 Å². The molecule has 1 saturated carbocycles. The van der Waals surface area contributed by atoms with Crippen LogP contribution in [0, 0.1) is 23.6 Å². The Morgan fingerprint density at radius 2 is 1.77 bits per heavy atom. The van der Waals surface area contributed by atoms with Gasteiger partial charge < -0.3 is 0 Å². The van der Waals surface area contributed by atoms with E-state index < -0.39 is 0 Å². The lowest BCUT2D eigenvalue weighted by Crippen LogP contribution is -2.24. The standard InChI is InChI=1S/C24H34ClF/c1-4-6-19-11-14-22(24(26)23(19)25)21-13-12-20(15-16(21)3)18-9-7-17(5-2)8-10-18/h11,14,17-18,20H,4-10,12-13,15H2,1-3H3. The van der Waals surface area contributed by atoms with E-state index in [0.29, 0.717) is 5.02 Å². The minimum Gasteiger partial charge on any atom is -0.205 e. The molecule has 3 rings (SSSR count). The SMILES string of the molecule is CCCc1ccc(C2=C(C)CC(C3CCC(CC)CC3)CC2)c(F)c1Cl. The molecule has 1 atom stereocenters. The van der Waals surface area contributed by atoms with Gasteiger partial charge >= 0.3 is 0 Å². The van der Waals surface area contributed by atoms with Gasteiger partial charge in [-0.2, -0.15) is 0 Å². The molecule has 26 heavy (non-hydrogen) atoms. The Hall–Kier alpha value is -0.820. The van der Waals surface area contributed by atoms with E-state index >= 15 is 0 Å². The Balaban J connectivity index is 1.74. The summed E-state index contributed by atoms with van der Waals surface area (Å²) in [4.78, 5) is 0. The van der Waals surface area contributed by atoms with Crippen LogP contribution in [0.4, 0.5) is 4.39 Å². The summed E-state index contributed by atoms with van der Waals surface area (Å²) in [7, 11) is 0. The molecule has 1 aromatic rings. The fourth-order valence-electron chi connectivity index (χ4n) is 5.28. The van der Waals surface area contributed by atoms with E-state index in [-0.39, 0.29) is 5.82 Å². The zero-order valence-corrected chi connectivity index (χ0v) is 17.5. The number of hydrogen-bond donors (Lipinski definition) is 0. The summed E-state index contributed by atoms with van der Waals surface area (Å²) in [5.41, 5.74) is 4.29. The van der Waals surface area contributed by atoms with Gasteiger partial charge in [-0.25, -0.2) is 4.39 Å². The van der Waals surface area contributed by atoms with E-state index in [0.717, 1.165) is 54.6 Å².